The fraction of sp³-hybridized carbons (Fsp3) is 0.333. The molecule has 0 bridgehead atoms. The van der Waals surface area contributed by atoms with Crippen LogP contribution < -0.4 is 0 Å². The summed E-state index contributed by atoms with van der Waals surface area (Å²) in [7, 11) is 0. The number of hydrogen-bond acceptors (Lipinski definition) is 5. The standard InChI is InChI=1S/C12H14O6/c1-8(6-7-13)17-18-12(16)10-4-2-9(3-5-10)11(14)15/h2-5,8,13H,6-7H2,1H3,(H,14,15). The van der Waals surface area contributed by atoms with Crippen LogP contribution in [0.2, 0.25) is 0 Å². The second kappa shape index (κ2) is 6.73. The van der Waals surface area contributed by atoms with Gasteiger partial charge < -0.3 is 10.2 Å². The molecule has 0 saturated carbocycles. The summed E-state index contributed by atoms with van der Waals surface area (Å²) in [6.07, 6.45) is -0.0529. The van der Waals surface area contributed by atoms with Crippen molar-refractivity contribution in [2.24, 2.45) is 0 Å². The van der Waals surface area contributed by atoms with Crippen molar-refractivity contribution in [2.45, 2.75) is 19.4 Å². The molecule has 0 amide bonds. The van der Waals surface area contributed by atoms with E-state index in [0.29, 0.717) is 6.42 Å². The lowest BCUT2D eigenvalue weighted by Crippen LogP contribution is -2.14. The fourth-order valence-corrected chi connectivity index (χ4v) is 1.15. The molecule has 0 fully saturated rings. The van der Waals surface area contributed by atoms with Crippen LogP contribution in [0.15, 0.2) is 24.3 Å². The molecular formula is C12H14O6. The van der Waals surface area contributed by atoms with Crippen LogP contribution in [0.5, 0.6) is 0 Å². The summed E-state index contributed by atoms with van der Waals surface area (Å²) in [6.45, 7) is 1.59. The minimum atomic E-state index is -1.07. The summed E-state index contributed by atoms with van der Waals surface area (Å²) in [6, 6.07) is 5.28. The molecule has 0 aromatic heterocycles. The smallest absolute Gasteiger partial charge is 0.373 e. The molecule has 6 nitrogen and oxygen atoms in total. The summed E-state index contributed by atoms with van der Waals surface area (Å²) in [5, 5.41) is 17.3. The van der Waals surface area contributed by atoms with E-state index in [9.17, 15) is 9.59 Å². The van der Waals surface area contributed by atoms with Crippen molar-refractivity contribution in [3.63, 3.8) is 0 Å². The summed E-state index contributed by atoms with van der Waals surface area (Å²) in [4.78, 5) is 31.4. The first-order chi connectivity index (χ1) is 8.54. The summed E-state index contributed by atoms with van der Waals surface area (Å²) in [5.74, 6) is -1.78. The SMILES string of the molecule is CC(CCO)OOC(=O)c1ccc(C(=O)O)cc1. The van der Waals surface area contributed by atoms with Crippen LogP contribution in [-0.2, 0) is 9.78 Å². The Kier molecular flexibility index (Phi) is 5.29. The first-order valence-corrected chi connectivity index (χ1v) is 5.36. The van der Waals surface area contributed by atoms with Crippen LogP contribution >= 0.6 is 0 Å². The van der Waals surface area contributed by atoms with Crippen molar-refractivity contribution in [1.29, 1.82) is 0 Å². The quantitative estimate of drug-likeness (QED) is 0.586. The first kappa shape index (κ1) is 14.1. The van der Waals surface area contributed by atoms with Gasteiger partial charge in [-0.2, -0.15) is 4.89 Å². The highest BCUT2D eigenvalue weighted by Gasteiger charge is 2.12. The third-order valence-electron chi connectivity index (χ3n) is 2.19. The van der Waals surface area contributed by atoms with Crippen LogP contribution in [0.25, 0.3) is 0 Å². The monoisotopic (exact) mass is 254 g/mol. The lowest BCUT2D eigenvalue weighted by molar-refractivity contribution is -0.272. The van der Waals surface area contributed by atoms with Gasteiger partial charge in [-0.15, -0.1) is 0 Å². The number of hydrogen-bond donors (Lipinski definition) is 2. The van der Waals surface area contributed by atoms with E-state index in [0.717, 1.165) is 0 Å². The van der Waals surface area contributed by atoms with Crippen LogP contribution in [0, 0.1) is 0 Å². The molecule has 1 atom stereocenters. The first-order valence-electron chi connectivity index (χ1n) is 5.36. The molecule has 2 N–H and O–H groups in total. The molecule has 0 saturated heterocycles. The van der Waals surface area contributed by atoms with Crippen molar-refractivity contribution >= 4 is 11.9 Å². The maximum atomic E-state index is 11.5. The average molecular weight is 254 g/mol. The number of aliphatic hydroxyl groups excluding tert-OH is 1. The van der Waals surface area contributed by atoms with Gasteiger partial charge in [0.1, 0.15) is 6.10 Å². The second-order valence-electron chi connectivity index (χ2n) is 3.67. The summed E-state index contributed by atoms with van der Waals surface area (Å²) < 4.78 is 0. The zero-order valence-electron chi connectivity index (χ0n) is 9.83. The van der Waals surface area contributed by atoms with E-state index in [-0.39, 0.29) is 17.7 Å². The number of benzene rings is 1. The number of carboxylic acid groups (broad SMARTS) is 1. The van der Waals surface area contributed by atoms with Crippen LogP contribution in [-0.4, -0.2) is 34.9 Å². The van der Waals surface area contributed by atoms with Crippen molar-refractivity contribution in [1.82, 2.24) is 0 Å². The molecule has 1 rings (SSSR count). The van der Waals surface area contributed by atoms with E-state index in [2.05, 4.69) is 4.89 Å². The molecule has 0 radical (unpaired) electrons. The second-order valence-corrected chi connectivity index (χ2v) is 3.67. The highest BCUT2D eigenvalue weighted by atomic mass is 17.2. The number of rotatable bonds is 6. The van der Waals surface area contributed by atoms with E-state index in [1.54, 1.807) is 6.92 Å². The molecule has 1 aromatic rings. The molecule has 6 heteroatoms. The van der Waals surface area contributed by atoms with Gasteiger partial charge in [-0.1, -0.05) is 0 Å². The van der Waals surface area contributed by atoms with E-state index in [1.165, 1.54) is 24.3 Å². The predicted molar refractivity (Wildman–Crippen MR) is 61.1 cm³/mol. The Balaban J connectivity index is 2.54. The minimum Gasteiger partial charge on any atom is -0.478 e. The van der Waals surface area contributed by atoms with Gasteiger partial charge in [-0.05, 0) is 31.2 Å². The molecule has 98 valence electrons. The van der Waals surface area contributed by atoms with Crippen LogP contribution in [0.3, 0.4) is 0 Å². The summed E-state index contributed by atoms with van der Waals surface area (Å²) >= 11 is 0. The third kappa shape index (κ3) is 4.15. The van der Waals surface area contributed by atoms with Gasteiger partial charge in [0.05, 0.1) is 11.1 Å². The maximum Gasteiger partial charge on any atom is 0.373 e. The maximum absolute atomic E-state index is 11.5. The zero-order chi connectivity index (χ0) is 13.5. The van der Waals surface area contributed by atoms with Gasteiger partial charge in [0.25, 0.3) is 0 Å². The topological polar surface area (TPSA) is 93.1 Å². The Morgan fingerprint density at radius 2 is 1.78 bits per heavy atom. The molecule has 1 aromatic carbocycles. The molecule has 0 aliphatic carbocycles. The molecular weight excluding hydrogens is 240 g/mol. The number of carbonyl (C=O) groups is 2. The highest BCUT2D eigenvalue weighted by Crippen LogP contribution is 2.07. The van der Waals surface area contributed by atoms with Crippen LogP contribution in [0.1, 0.15) is 34.1 Å². The molecule has 1 unspecified atom stereocenters. The number of carbonyl (C=O) groups excluding carboxylic acids is 1. The van der Waals surface area contributed by atoms with Crippen molar-refractivity contribution in [2.75, 3.05) is 6.61 Å². The van der Waals surface area contributed by atoms with Gasteiger partial charge in [0, 0.05) is 13.0 Å². The Hall–Kier alpha value is -1.92. The average Bonchev–Trinajstić information content (AvgIpc) is 2.36. The zero-order valence-corrected chi connectivity index (χ0v) is 9.83. The largest absolute Gasteiger partial charge is 0.478 e. The lowest BCUT2D eigenvalue weighted by atomic mass is 10.1. The Bertz CT molecular complexity index is 411. The predicted octanol–water partition coefficient (Wildman–Crippen LogP) is 1.24. The normalized spacial score (nSPS) is 11.9. The Morgan fingerprint density at radius 3 is 2.28 bits per heavy atom. The van der Waals surface area contributed by atoms with E-state index >= 15 is 0 Å². The molecule has 0 spiro atoms. The Labute approximate surface area is 104 Å². The molecule has 0 aliphatic rings. The fourth-order valence-electron chi connectivity index (χ4n) is 1.15. The van der Waals surface area contributed by atoms with Crippen molar-refractivity contribution in [3.8, 4) is 0 Å². The van der Waals surface area contributed by atoms with Gasteiger partial charge >= 0.3 is 11.9 Å². The number of carboxylic acids is 1. The van der Waals surface area contributed by atoms with Crippen molar-refractivity contribution < 1.29 is 29.6 Å². The highest BCUT2D eigenvalue weighted by molar-refractivity contribution is 5.92. The van der Waals surface area contributed by atoms with Gasteiger partial charge in [0.15, 0.2) is 0 Å². The van der Waals surface area contributed by atoms with Gasteiger partial charge in [0.2, 0.25) is 0 Å². The number of aliphatic hydroxyl groups is 1. The summed E-state index contributed by atoms with van der Waals surface area (Å²) in [5.41, 5.74) is 0.275. The van der Waals surface area contributed by atoms with E-state index < -0.39 is 18.0 Å². The van der Waals surface area contributed by atoms with Crippen LogP contribution in [0.4, 0.5) is 0 Å². The molecule has 0 heterocycles. The third-order valence-corrected chi connectivity index (χ3v) is 2.19. The Morgan fingerprint density at radius 1 is 1.22 bits per heavy atom. The van der Waals surface area contributed by atoms with Gasteiger partial charge in [-0.3, -0.25) is 4.89 Å². The minimum absolute atomic E-state index is 0.0635. The van der Waals surface area contributed by atoms with E-state index in [1.807, 2.05) is 0 Å². The van der Waals surface area contributed by atoms with Crippen molar-refractivity contribution in [3.05, 3.63) is 35.4 Å². The molecule has 18 heavy (non-hydrogen) atoms. The van der Waals surface area contributed by atoms with E-state index in [4.69, 9.17) is 15.1 Å². The number of aromatic carboxylic acids is 1. The molecule has 0 aliphatic heterocycles. The lowest BCUT2D eigenvalue weighted by Gasteiger charge is -2.09. The van der Waals surface area contributed by atoms with Gasteiger partial charge in [-0.25, -0.2) is 9.59 Å².